The quantitative estimate of drug-likeness (QED) is 0.474. The van der Waals surface area contributed by atoms with E-state index in [1.807, 2.05) is 73.8 Å². The van der Waals surface area contributed by atoms with Crippen molar-refractivity contribution in [2.24, 2.45) is 0 Å². The van der Waals surface area contributed by atoms with Crippen molar-refractivity contribution in [2.75, 3.05) is 18.6 Å². The van der Waals surface area contributed by atoms with Gasteiger partial charge in [-0.3, -0.25) is 9.59 Å². The molecule has 8 heteroatoms. The van der Waals surface area contributed by atoms with Crippen LogP contribution in [-0.4, -0.2) is 53.0 Å². The molecule has 0 saturated carbocycles. The van der Waals surface area contributed by atoms with E-state index in [1.54, 1.807) is 32.5 Å². The number of hydrogen-bond donors (Lipinski definition) is 2. The molecule has 0 radical (unpaired) electrons. The van der Waals surface area contributed by atoms with Gasteiger partial charge in [0.25, 0.3) is 0 Å². The zero-order valence-corrected chi connectivity index (χ0v) is 22.1. The van der Waals surface area contributed by atoms with E-state index < -0.39 is 23.8 Å². The summed E-state index contributed by atoms with van der Waals surface area (Å²) in [7, 11) is 0. The Morgan fingerprint density at radius 3 is 2.14 bits per heavy atom. The largest absolute Gasteiger partial charge is 0.444 e. The molecule has 2 atom stereocenters. The summed E-state index contributed by atoms with van der Waals surface area (Å²) in [5, 5.41) is 5.70. The highest BCUT2D eigenvalue weighted by Gasteiger charge is 2.35. The fraction of sp³-hybridized carbons (Fsp3) is 0.444. The number of nitrogens with zero attached hydrogens (tertiary/aromatic N) is 1. The van der Waals surface area contributed by atoms with E-state index >= 15 is 0 Å². The molecule has 2 aromatic rings. The van der Waals surface area contributed by atoms with Gasteiger partial charge in [0.2, 0.25) is 11.8 Å². The second kappa shape index (κ2) is 13.8. The van der Waals surface area contributed by atoms with Gasteiger partial charge in [-0.05, 0) is 57.3 Å². The van der Waals surface area contributed by atoms with Crippen molar-refractivity contribution >= 4 is 29.7 Å². The molecule has 0 spiro atoms. The van der Waals surface area contributed by atoms with Gasteiger partial charge in [-0.1, -0.05) is 60.7 Å². The fourth-order valence-electron chi connectivity index (χ4n) is 3.60. The van der Waals surface area contributed by atoms with Crippen LogP contribution in [0, 0.1) is 0 Å². The lowest BCUT2D eigenvalue weighted by molar-refractivity contribution is -0.142. The molecule has 0 bridgehead atoms. The molecule has 0 aromatic heterocycles. The van der Waals surface area contributed by atoms with E-state index in [-0.39, 0.29) is 11.8 Å². The molecule has 2 rings (SSSR count). The summed E-state index contributed by atoms with van der Waals surface area (Å²) < 4.78 is 5.38. The van der Waals surface area contributed by atoms with E-state index in [0.29, 0.717) is 30.8 Å². The number of carbonyl (C=O) groups is 3. The van der Waals surface area contributed by atoms with E-state index in [2.05, 4.69) is 10.6 Å². The average Bonchev–Trinajstić information content (AvgIpc) is 2.83. The van der Waals surface area contributed by atoms with Crippen molar-refractivity contribution in [2.45, 2.75) is 58.3 Å². The Bertz CT molecular complexity index is 948. The highest BCUT2D eigenvalue weighted by molar-refractivity contribution is 7.98. The number of thioether (sulfide) groups is 1. The topological polar surface area (TPSA) is 87.7 Å². The highest BCUT2D eigenvalue weighted by atomic mass is 32.2. The van der Waals surface area contributed by atoms with E-state index in [1.165, 1.54) is 4.90 Å². The average molecular weight is 500 g/mol. The Morgan fingerprint density at radius 1 is 1.00 bits per heavy atom. The third-order valence-electron chi connectivity index (χ3n) is 5.21. The van der Waals surface area contributed by atoms with E-state index in [9.17, 15) is 14.4 Å². The molecule has 0 saturated heterocycles. The Balaban J connectivity index is 2.30. The maximum Gasteiger partial charge on any atom is 0.408 e. The molecule has 0 fully saturated rings. The van der Waals surface area contributed by atoms with Crippen molar-refractivity contribution < 1.29 is 19.1 Å². The fourth-order valence-corrected chi connectivity index (χ4v) is 4.07. The van der Waals surface area contributed by atoms with Crippen molar-refractivity contribution in [3.63, 3.8) is 0 Å². The lowest BCUT2D eigenvalue weighted by atomic mass is 10.0. The third kappa shape index (κ3) is 9.28. The molecule has 0 heterocycles. The first-order valence-electron chi connectivity index (χ1n) is 11.8. The summed E-state index contributed by atoms with van der Waals surface area (Å²) in [5.74, 6) is 0.0622. The van der Waals surface area contributed by atoms with Crippen LogP contribution in [0.1, 0.15) is 51.3 Å². The summed E-state index contributed by atoms with van der Waals surface area (Å²) >= 11 is 1.58. The third-order valence-corrected chi connectivity index (χ3v) is 5.85. The maximum absolute atomic E-state index is 13.7. The van der Waals surface area contributed by atoms with Gasteiger partial charge in [0, 0.05) is 13.1 Å². The lowest BCUT2D eigenvalue weighted by Crippen LogP contribution is -2.53. The Kier molecular flexibility index (Phi) is 11.1. The monoisotopic (exact) mass is 499 g/mol. The maximum atomic E-state index is 13.7. The molecular formula is C27H37N3O4S. The minimum Gasteiger partial charge on any atom is -0.444 e. The number of alkyl carbamates (subject to hydrolysis) is 1. The van der Waals surface area contributed by atoms with Crippen molar-refractivity contribution in [1.29, 1.82) is 0 Å². The number of hydrogen-bond acceptors (Lipinski definition) is 5. The summed E-state index contributed by atoms with van der Waals surface area (Å²) in [4.78, 5) is 41.2. The predicted molar refractivity (Wildman–Crippen MR) is 141 cm³/mol. The van der Waals surface area contributed by atoms with E-state index in [0.717, 1.165) is 5.56 Å². The molecule has 7 nitrogen and oxygen atoms in total. The number of rotatable bonds is 11. The zero-order valence-electron chi connectivity index (χ0n) is 21.2. The summed E-state index contributed by atoms with van der Waals surface area (Å²) in [6.45, 7) is 7.78. The molecule has 2 unspecified atom stereocenters. The first kappa shape index (κ1) is 28.2. The van der Waals surface area contributed by atoms with Gasteiger partial charge >= 0.3 is 6.09 Å². The first-order valence-corrected chi connectivity index (χ1v) is 13.2. The van der Waals surface area contributed by atoms with Crippen LogP contribution >= 0.6 is 11.8 Å². The minimum atomic E-state index is -0.838. The predicted octanol–water partition coefficient (Wildman–Crippen LogP) is 4.54. The lowest BCUT2D eigenvalue weighted by Gasteiger charge is -2.33. The number of likely N-dealkylation sites (N-methyl/N-ethyl adjacent to an activating group) is 1. The van der Waals surface area contributed by atoms with Crippen LogP contribution in [-0.2, 0) is 20.9 Å². The Morgan fingerprint density at radius 2 is 1.60 bits per heavy atom. The number of carbonyl (C=O) groups excluding carboxylic acids is 3. The standard InChI is InChI=1S/C27H37N3O4S/c1-6-30(25(32)22(17-18-35-5)29-26(33)34-27(2,3)4)23(21-15-11-8-12-16-21)24(31)28-19-20-13-9-7-10-14-20/h7-16,22-23H,6,17-19H2,1-5H3,(H,28,31)(H,29,33). The van der Waals surface area contributed by atoms with Crippen molar-refractivity contribution in [3.05, 3.63) is 71.8 Å². The summed E-state index contributed by atoms with van der Waals surface area (Å²) in [6.07, 6.45) is 1.71. The van der Waals surface area contributed by atoms with Crippen LogP contribution in [0.3, 0.4) is 0 Å². The molecule has 2 aromatic carbocycles. The van der Waals surface area contributed by atoms with Crippen LogP contribution in [0.5, 0.6) is 0 Å². The molecule has 35 heavy (non-hydrogen) atoms. The zero-order chi connectivity index (χ0) is 25.8. The number of nitrogens with one attached hydrogen (secondary N) is 2. The second-order valence-corrected chi connectivity index (χ2v) is 10.1. The molecule has 0 aliphatic carbocycles. The highest BCUT2D eigenvalue weighted by Crippen LogP contribution is 2.23. The Hall–Kier alpha value is -3.00. The first-order chi connectivity index (χ1) is 16.7. The number of amides is 3. The van der Waals surface area contributed by atoms with Crippen molar-refractivity contribution in [1.82, 2.24) is 15.5 Å². The molecule has 0 aliphatic rings. The van der Waals surface area contributed by atoms with E-state index in [4.69, 9.17) is 4.74 Å². The SMILES string of the molecule is CCN(C(=O)C(CCSC)NC(=O)OC(C)(C)C)C(C(=O)NCc1ccccc1)c1ccccc1. The van der Waals surface area contributed by atoms with Gasteiger partial charge in [0.05, 0.1) is 0 Å². The smallest absolute Gasteiger partial charge is 0.408 e. The molecule has 0 aliphatic heterocycles. The molecular weight excluding hydrogens is 462 g/mol. The van der Waals surface area contributed by atoms with Crippen LogP contribution in [0.25, 0.3) is 0 Å². The normalized spacial score (nSPS) is 12.8. The second-order valence-electron chi connectivity index (χ2n) is 9.12. The molecule has 190 valence electrons. The molecule has 2 N–H and O–H groups in total. The van der Waals surface area contributed by atoms with Gasteiger partial charge in [-0.15, -0.1) is 0 Å². The van der Waals surface area contributed by atoms with Gasteiger partial charge in [-0.2, -0.15) is 11.8 Å². The number of ether oxygens (including phenoxy) is 1. The van der Waals surface area contributed by atoms with Gasteiger partial charge in [-0.25, -0.2) is 4.79 Å². The van der Waals surface area contributed by atoms with Crippen LogP contribution in [0.2, 0.25) is 0 Å². The number of benzene rings is 2. The van der Waals surface area contributed by atoms with Crippen LogP contribution < -0.4 is 10.6 Å². The van der Waals surface area contributed by atoms with Crippen LogP contribution in [0.15, 0.2) is 60.7 Å². The van der Waals surface area contributed by atoms with Crippen LogP contribution in [0.4, 0.5) is 4.79 Å². The van der Waals surface area contributed by atoms with Gasteiger partial charge in [0.1, 0.15) is 17.7 Å². The minimum absolute atomic E-state index is 0.281. The van der Waals surface area contributed by atoms with Crippen molar-refractivity contribution in [3.8, 4) is 0 Å². The summed E-state index contributed by atoms with van der Waals surface area (Å²) in [5.41, 5.74) is 0.978. The summed E-state index contributed by atoms with van der Waals surface area (Å²) in [6, 6.07) is 17.2. The Labute approximate surface area is 213 Å². The van der Waals surface area contributed by atoms with Gasteiger partial charge < -0.3 is 20.3 Å². The molecule has 3 amide bonds. The van der Waals surface area contributed by atoms with Gasteiger partial charge in [0.15, 0.2) is 0 Å².